The SMILES string of the molecule is CCCOc1ccc(C2C(=C(O)c3c(C)nc4ccccn34)C(=O)C(=O)N2c2nnc(SCc3ccccc3)s2)cc1OCC. The maximum absolute atomic E-state index is 13.8. The standard InChI is InChI=1S/C33H31N5O5S2/c1-4-17-43-23-15-14-22(18-24(23)42-5-2)28-26(29(39)27-20(3)34-25-13-9-10-16-37(25)27)30(40)31(41)38(28)32-35-36-33(45-32)44-19-21-11-7-6-8-12-21/h6-16,18,28,39H,4-5,17,19H2,1-3H3. The van der Waals surface area contributed by atoms with Gasteiger partial charge in [0.2, 0.25) is 5.13 Å². The molecule has 45 heavy (non-hydrogen) atoms. The number of hydrogen-bond acceptors (Lipinski definition) is 10. The van der Waals surface area contributed by atoms with Crippen LogP contribution in [0.5, 0.6) is 11.5 Å². The summed E-state index contributed by atoms with van der Waals surface area (Å²) in [6.07, 6.45) is 2.57. The van der Waals surface area contributed by atoms with Crippen LogP contribution in [0.4, 0.5) is 5.13 Å². The number of hydrogen-bond donors (Lipinski definition) is 1. The molecule has 0 spiro atoms. The number of ether oxygens (including phenoxy) is 2. The highest BCUT2D eigenvalue weighted by Gasteiger charge is 2.49. The number of nitrogens with zero attached hydrogens (tertiary/aromatic N) is 5. The zero-order chi connectivity index (χ0) is 31.5. The fourth-order valence-electron chi connectivity index (χ4n) is 5.24. The van der Waals surface area contributed by atoms with Gasteiger partial charge in [-0.2, -0.15) is 0 Å². The van der Waals surface area contributed by atoms with Crippen LogP contribution in [0.15, 0.2) is 82.8 Å². The number of fused-ring (bicyclic) bond motifs is 1. The number of Topliss-reactive ketones (excluding diaryl/α,β-unsaturated/α-hetero) is 1. The molecular weight excluding hydrogens is 611 g/mol. The molecule has 12 heteroatoms. The van der Waals surface area contributed by atoms with Crippen LogP contribution in [0.1, 0.15) is 48.8 Å². The van der Waals surface area contributed by atoms with Crippen LogP contribution in [0.2, 0.25) is 0 Å². The number of aromatic nitrogens is 4. The van der Waals surface area contributed by atoms with Gasteiger partial charge in [0.25, 0.3) is 5.78 Å². The summed E-state index contributed by atoms with van der Waals surface area (Å²) in [6, 6.07) is 19.7. The summed E-state index contributed by atoms with van der Waals surface area (Å²) in [7, 11) is 0. The van der Waals surface area contributed by atoms with Crippen molar-refractivity contribution >= 4 is 51.3 Å². The number of amides is 1. The number of anilines is 1. The maximum atomic E-state index is 13.8. The molecule has 2 aromatic carbocycles. The number of thioether (sulfide) groups is 1. The summed E-state index contributed by atoms with van der Waals surface area (Å²) in [5.74, 6) is -0.287. The minimum absolute atomic E-state index is 0.0767. The van der Waals surface area contributed by atoms with Crippen LogP contribution in [-0.2, 0) is 15.3 Å². The van der Waals surface area contributed by atoms with E-state index in [0.717, 1.165) is 12.0 Å². The van der Waals surface area contributed by atoms with Gasteiger partial charge in [-0.05, 0) is 55.7 Å². The highest BCUT2D eigenvalue weighted by molar-refractivity contribution is 8.00. The minimum atomic E-state index is -1.02. The van der Waals surface area contributed by atoms with Gasteiger partial charge in [0.1, 0.15) is 11.3 Å². The average molecular weight is 642 g/mol. The van der Waals surface area contributed by atoms with E-state index in [-0.39, 0.29) is 16.5 Å². The van der Waals surface area contributed by atoms with E-state index >= 15 is 0 Å². The van der Waals surface area contributed by atoms with Crippen molar-refractivity contribution in [1.29, 1.82) is 0 Å². The van der Waals surface area contributed by atoms with Crippen molar-refractivity contribution in [2.75, 3.05) is 18.1 Å². The Morgan fingerprint density at radius 2 is 1.80 bits per heavy atom. The largest absolute Gasteiger partial charge is 0.505 e. The summed E-state index contributed by atoms with van der Waals surface area (Å²) >= 11 is 2.71. The smallest absolute Gasteiger partial charge is 0.301 e. The Morgan fingerprint density at radius 3 is 2.58 bits per heavy atom. The van der Waals surface area contributed by atoms with Gasteiger partial charge >= 0.3 is 5.91 Å². The fourth-order valence-corrected chi connectivity index (χ4v) is 7.07. The number of aliphatic hydroxyl groups excluding tert-OH is 1. The molecule has 1 aliphatic heterocycles. The molecule has 10 nitrogen and oxygen atoms in total. The van der Waals surface area contributed by atoms with Gasteiger partial charge in [0.05, 0.1) is 30.5 Å². The monoisotopic (exact) mass is 641 g/mol. The predicted octanol–water partition coefficient (Wildman–Crippen LogP) is 6.60. The van der Waals surface area contributed by atoms with Crippen molar-refractivity contribution in [2.24, 2.45) is 0 Å². The van der Waals surface area contributed by atoms with Crippen LogP contribution in [0.3, 0.4) is 0 Å². The first-order valence-electron chi connectivity index (χ1n) is 14.6. The molecule has 3 aromatic heterocycles. The summed E-state index contributed by atoms with van der Waals surface area (Å²) in [6.45, 7) is 6.51. The molecule has 0 saturated carbocycles. The maximum Gasteiger partial charge on any atom is 0.301 e. The minimum Gasteiger partial charge on any atom is -0.505 e. The second kappa shape index (κ2) is 13.1. The molecule has 0 bridgehead atoms. The lowest BCUT2D eigenvalue weighted by Crippen LogP contribution is -2.29. The number of benzene rings is 2. The molecule has 4 heterocycles. The van der Waals surface area contributed by atoms with Gasteiger partial charge in [-0.15, -0.1) is 10.2 Å². The highest BCUT2D eigenvalue weighted by atomic mass is 32.2. The molecule has 6 rings (SSSR count). The summed E-state index contributed by atoms with van der Waals surface area (Å²) in [5, 5.41) is 20.8. The molecular formula is C33H31N5O5S2. The zero-order valence-electron chi connectivity index (χ0n) is 25.0. The quantitative estimate of drug-likeness (QED) is 0.0559. The van der Waals surface area contributed by atoms with E-state index in [1.165, 1.54) is 28.0 Å². The summed E-state index contributed by atoms with van der Waals surface area (Å²) in [4.78, 5) is 33.5. The van der Waals surface area contributed by atoms with E-state index in [4.69, 9.17) is 9.47 Å². The van der Waals surface area contributed by atoms with Crippen molar-refractivity contribution < 1.29 is 24.2 Å². The Hall–Kier alpha value is -4.68. The number of rotatable bonds is 11. The van der Waals surface area contributed by atoms with Crippen LogP contribution in [-0.4, -0.2) is 49.6 Å². The number of ketones is 1. The normalized spacial score (nSPS) is 16.1. The van der Waals surface area contributed by atoms with E-state index in [0.29, 0.717) is 57.4 Å². The lowest BCUT2D eigenvalue weighted by atomic mass is 9.96. The number of aliphatic hydroxyl groups is 1. The highest BCUT2D eigenvalue weighted by Crippen LogP contribution is 2.46. The van der Waals surface area contributed by atoms with Crippen molar-refractivity contribution in [2.45, 2.75) is 43.3 Å². The van der Waals surface area contributed by atoms with Gasteiger partial charge in [-0.25, -0.2) is 4.98 Å². The first-order valence-corrected chi connectivity index (χ1v) is 16.4. The average Bonchev–Trinajstić information content (AvgIpc) is 3.73. The molecule has 1 amide bonds. The predicted molar refractivity (Wildman–Crippen MR) is 174 cm³/mol. The number of carbonyl (C=O) groups excluding carboxylic acids is 2. The van der Waals surface area contributed by atoms with Crippen LogP contribution < -0.4 is 14.4 Å². The molecule has 230 valence electrons. The van der Waals surface area contributed by atoms with Crippen molar-refractivity contribution in [3.8, 4) is 11.5 Å². The molecule has 0 aliphatic carbocycles. The third kappa shape index (κ3) is 5.90. The molecule has 1 N–H and O–H groups in total. The van der Waals surface area contributed by atoms with Gasteiger partial charge in [-0.3, -0.25) is 18.9 Å². The van der Waals surface area contributed by atoms with E-state index in [9.17, 15) is 14.7 Å². The second-order valence-corrected chi connectivity index (χ2v) is 12.4. The number of aryl methyl sites for hydroxylation is 1. The molecule has 0 radical (unpaired) electrons. The Bertz CT molecular complexity index is 1900. The lowest BCUT2D eigenvalue weighted by Gasteiger charge is -2.23. The van der Waals surface area contributed by atoms with Gasteiger partial charge in [0.15, 0.2) is 21.6 Å². The molecule has 1 saturated heterocycles. The van der Waals surface area contributed by atoms with E-state index < -0.39 is 17.7 Å². The number of pyridine rings is 1. The molecule has 1 fully saturated rings. The summed E-state index contributed by atoms with van der Waals surface area (Å²) in [5.41, 5.74) is 3.03. The molecule has 1 atom stereocenters. The van der Waals surface area contributed by atoms with Gasteiger partial charge in [-0.1, -0.05) is 72.5 Å². The van der Waals surface area contributed by atoms with Crippen LogP contribution in [0.25, 0.3) is 11.4 Å². The van der Waals surface area contributed by atoms with E-state index in [2.05, 4.69) is 15.2 Å². The zero-order valence-corrected chi connectivity index (χ0v) is 26.6. The Labute approximate surface area is 268 Å². The third-order valence-corrected chi connectivity index (χ3v) is 9.35. The van der Waals surface area contributed by atoms with Crippen LogP contribution >= 0.6 is 23.1 Å². The first-order chi connectivity index (χ1) is 21.9. The topological polar surface area (TPSA) is 119 Å². The lowest BCUT2D eigenvalue weighted by molar-refractivity contribution is -0.132. The van der Waals surface area contributed by atoms with Crippen molar-refractivity contribution in [1.82, 2.24) is 19.6 Å². The van der Waals surface area contributed by atoms with E-state index in [1.54, 1.807) is 47.9 Å². The molecule has 5 aromatic rings. The fraction of sp³-hybridized carbons (Fsp3) is 0.242. The Balaban J connectivity index is 1.48. The summed E-state index contributed by atoms with van der Waals surface area (Å²) < 4.78 is 14.2. The number of imidazole rings is 1. The van der Waals surface area contributed by atoms with Gasteiger partial charge < -0.3 is 14.6 Å². The molecule has 1 aliphatic rings. The molecule has 1 unspecified atom stereocenters. The van der Waals surface area contributed by atoms with E-state index in [1.807, 2.05) is 50.2 Å². The Morgan fingerprint density at radius 1 is 1.00 bits per heavy atom. The second-order valence-electron chi connectivity index (χ2n) is 10.3. The third-order valence-electron chi connectivity index (χ3n) is 7.23. The Kier molecular flexibility index (Phi) is 8.85. The first kappa shape index (κ1) is 30.4. The van der Waals surface area contributed by atoms with Crippen LogP contribution in [0, 0.1) is 6.92 Å². The number of carbonyl (C=O) groups is 2. The van der Waals surface area contributed by atoms with Gasteiger partial charge in [0, 0.05) is 11.9 Å². The van der Waals surface area contributed by atoms with Crippen molar-refractivity contribution in [3.63, 3.8) is 0 Å². The van der Waals surface area contributed by atoms with Crippen molar-refractivity contribution in [3.05, 3.63) is 101 Å².